The Hall–Kier alpha value is -1.27. The number of aromatic amines is 1. The van der Waals surface area contributed by atoms with Gasteiger partial charge in [0, 0.05) is 22.5 Å². The molecule has 70 valence electrons. The first-order chi connectivity index (χ1) is 6.83. The van der Waals surface area contributed by atoms with Crippen molar-refractivity contribution in [2.24, 2.45) is 0 Å². The minimum absolute atomic E-state index is 0.555. The van der Waals surface area contributed by atoms with Crippen LogP contribution in [0.1, 0.15) is 5.56 Å². The smallest absolute Gasteiger partial charge is 0.218 e. The van der Waals surface area contributed by atoms with Gasteiger partial charge in [-0.15, -0.1) is 0 Å². The average Bonchev–Trinajstić information content (AvgIpc) is 2.60. The molecule has 0 spiro atoms. The molecule has 0 fully saturated rings. The molecule has 2 nitrogen and oxygen atoms in total. The molecule has 2 aromatic rings. The molecule has 0 aliphatic carbocycles. The highest BCUT2D eigenvalue weighted by molar-refractivity contribution is 9.10. The molecule has 0 radical (unpaired) electrons. The van der Waals surface area contributed by atoms with Gasteiger partial charge >= 0.3 is 0 Å². The van der Waals surface area contributed by atoms with Crippen LogP contribution >= 0.6 is 15.9 Å². The molecule has 0 aliphatic heterocycles. The summed E-state index contributed by atoms with van der Waals surface area (Å²) >= 11 is 3.49. The van der Waals surface area contributed by atoms with Crippen molar-refractivity contribution in [1.82, 2.24) is 4.98 Å². The Kier molecular flexibility index (Phi) is 2.55. The summed E-state index contributed by atoms with van der Waals surface area (Å²) in [7, 11) is 0. The summed E-state index contributed by atoms with van der Waals surface area (Å²) in [5, 5.41) is 1.21. The maximum atomic E-state index is 6.76. The van der Waals surface area contributed by atoms with Crippen molar-refractivity contribution in [2.75, 3.05) is 6.54 Å². The van der Waals surface area contributed by atoms with E-state index in [1.807, 2.05) is 18.3 Å². The number of rotatable bonds is 2. The first kappa shape index (κ1) is 9.29. The summed E-state index contributed by atoms with van der Waals surface area (Å²) in [6, 6.07) is 6.11. The summed E-state index contributed by atoms with van der Waals surface area (Å²) < 4.78 is 1.07. The van der Waals surface area contributed by atoms with Crippen LogP contribution in [0.4, 0.5) is 0 Å². The maximum Gasteiger partial charge on any atom is 0.218 e. The van der Waals surface area contributed by atoms with Crippen LogP contribution in [0, 0.1) is 6.57 Å². The van der Waals surface area contributed by atoms with E-state index < -0.39 is 0 Å². The van der Waals surface area contributed by atoms with Gasteiger partial charge in [0.15, 0.2) is 0 Å². The van der Waals surface area contributed by atoms with E-state index in [-0.39, 0.29) is 0 Å². The largest absolute Gasteiger partial charge is 0.360 e. The van der Waals surface area contributed by atoms with E-state index in [1.54, 1.807) is 0 Å². The third-order valence-electron chi connectivity index (χ3n) is 2.24. The number of aromatic nitrogens is 1. The third-order valence-corrected chi connectivity index (χ3v) is 2.90. The van der Waals surface area contributed by atoms with Crippen molar-refractivity contribution in [3.63, 3.8) is 0 Å². The lowest BCUT2D eigenvalue weighted by molar-refractivity contribution is 1.09. The fourth-order valence-electron chi connectivity index (χ4n) is 1.56. The summed E-state index contributed by atoms with van der Waals surface area (Å²) in [5.74, 6) is 0. The van der Waals surface area contributed by atoms with Gasteiger partial charge in [-0.05, 0) is 27.6 Å². The van der Waals surface area contributed by atoms with Crippen molar-refractivity contribution >= 4 is 26.8 Å². The fraction of sp³-hybridized carbons (Fsp3) is 0.182. The first-order valence-corrected chi connectivity index (χ1v) is 5.20. The molecule has 3 heteroatoms. The van der Waals surface area contributed by atoms with Crippen molar-refractivity contribution in [1.29, 1.82) is 0 Å². The predicted molar refractivity (Wildman–Crippen MR) is 61.2 cm³/mol. The van der Waals surface area contributed by atoms with Crippen LogP contribution in [-0.2, 0) is 6.42 Å². The van der Waals surface area contributed by atoms with Crippen molar-refractivity contribution in [3.8, 4) is 0 Å². The highest BCUT2D eigenvalue weighted by atomic mass is 79.9. The minimum atomic E-state index is 0.555. The number of halogens is 1. The second-order valence-electron chi connectivity index (χ2n) is 3.11. The van der Waals surface area contributed by atoms with E-state index in [2.05, 4.69) is 31.8 Å². The summed E-state index contributed by atoms with van der Waals surface area (Å²) in [4.78, 5) is 6.58. The Morgan fingerprint density at radius 1 is 1.43 bits per heavy atom. The lowest BCUT2D eigenvalue weighted by atomic mass is 10.1. The summed E-state index contributed by atoms with van der Waals surface area (Å²) in [6.07, 6.45) is 2.81. The minimum Gasteiger partial charge on any atom is -0.360 e. The van der Waals surface area contributed by atoms with Crippen molar-refractivity contribution in [2.45, 2.75) is 6.42 Å². The normalized spacial score (nSPS) is 10.3. The number of hydrogen-bond acceptors (Lipinski definition) is 0. The van der Waals surface area contributed by atoms with Gasteiger partial charge < -0.3 is 9.83 Å². The SMILES string of the molecule is [C-]#[N+]CCc1c[nH]c2c(Br)cccc12. The van der Waals surface area contributed by atoms with Gasteiger partial charge in [0.05, 0.1) is 5.52 Å². The Labute approximate surface area is 90.9 Å². The number of hydrogen-bond donors (Lipinski definition) is 1. The van der Waals surface area contributed by atoms with Gasteiger partial charge in [0.2, 0.25) is 6.54 Å². The molecular formula is C11H9BrN2. The molecule has 0 atom stereocenters. The van der Waals surface area contributed by atoms with E-state index in [0.29, 0.717) is 6.54 Å². The molecule has 0 saturated carbocycles. The van der Waals surface area contributed by atoms with Crippen LogP contribution in [0.25, 0.3) is 15.7 Å². The van der Waals surface area contributed by atoms with Crippen LogP contribution in [0.2, 0.25) is 0 Å². The van der Waals surface area contributed by atoms with Gasteiger partial charge in [0.1, 0.15) is 0 Å². The van der Waals surface area contributed by atoms with E-state index >= 15 is 0 Å². The third kappa shape index (κ3) is 1.53. The molecule has 2 rings (SSSR count). The second kappa shape index (κ2) is 3.85. The summed E-state index contributed by atoms with van der Waals surface area (Å²) in [5.41, 5.74) is 2.34. The monoisotopic (exact) mass is 248 g/mol. The molecular weight excluding hydrogens is 240 g/mol. The van der Waals surface area contributed by atoms with Crippen LogP contribution in [0.3, 0.4) is 0 Å². The molecule has 0 aliphatic rings. The van der Waals surface area contributed by atoms with Gasteiger partial charge in [-0.2, -0.15) is 0 Å². The number of nitrogens with one attached hydrogen (secondary N) is 1. The molecule has 0 unspecified atom stereocenters. The number of para-hydroxylation sites is 1. The van der Waals surface area contributed by atoms with E-state index in [0.717, 1.165) is 16.4 Å². The molecule has 1 N–H and O–H groups in total. The lowest BCUT2D eigenvalue weighted by Gasteiger charge is -1.95. The average molecular weight is 249 g/mol. The molecule has 1 aromatic heterocycles. The van der Waals surface area contributed by atoms with E-state index in [4.69, 9.17) is 6.57 Å². The van der Waals surface area contributed by atoms with Crippen LogP contribution in [-0.4, -0.2) is 11.5 Å². The number of H-pyrrole nitrogens is 1. The molecule has 0 amide bonds. The number of benzene rings is 1. The van der Waals surface area contributed by atoms with Gasteiger partial charge in [-0.25, -0.2) is 6.57 Å². The molecule has 1 heterocycles. The second-order valence-corrected chi connectivity index (χ2v) is 3.96. The van der Waals surface area contributed by atoms with E-state index in [1.165, 1.54) is 10.9 Å². The quantitative estimate of drug-likeness (QED) is 0.787. The molecule has 1 aromatic carbocycles. The number of nitrogens with zero attached hydrogens (tertiary/aromatic N) is 1. The van der Waals surface area contributed by atoms with Crippen LogP contribution in [0.5, 0.6) is 0 Å². The van der Waals surface area contributed by atoms with E-state index in [9.17, 15) is 0 Å². The zero-order valence-corrected chi connectivity index (χ0v) is 9.13. The Morgan fingerprint density at radius 3 is 3.07 bits per heavy atom. The fourth-order valence-corrected chi connectivity index (χ4v) is 2.04. The topological polar surface area (TPSA) is 20.1 Å². The summed E-state index contributed by atoms with van der Waals surface area (Å²) in [6.45, 7) is 7.32. The van der Waals surface area contributed by atoms with Gasteiger partial charge in [0.25, 0.3) is 0 Å². The highest BCUT2D eigenvalue weighted by Crippen LogP contribution is 2.25. The molecule has 0 bridgehead atoms. The molecule has 0 saturated heterocycles. The van der Waals surface area contributed by atoms with Gasteiger partial charge in [-0.1, -0.05) is 12.1 Å². The lowest BCUT2D eigenvalue weighted by Crippen LogP contribution is -1.84. The maximum absolute atomic E-state index is 6.76. The Balaban J connectivity index is 2.48. The zero-order valence-electron chi connectivity index (χ0n) is 7.55. The van der Waals surface area contributed by atoms with Crippen molar-refractivity contribution in [3.05, 3.63) is 45.8 Å². The Morgan fingerprint density at radius 2 is 2.29 bits per heavy atom. The number of fused-ring (bicyclic) bond motifs is 1. The predicted octanol–water partition coefficient (Wildman–Crippen LogP) is 3.39. The Bertz CT molecular complexity index is 493. The van der Waals surface area contributed by atoms with Crippen LogP contribution < -0.4 is 0 Å². The highest BCUT2D eigenvalue weighted by Gasteiger charge is 2.05. The molecule has 14 heavy (non-hydrogen) atoms. The zero-order chi connectivity index (χ0) is 9.97. The first-order valence-electron chi connectivity index (χ1n) is 4.40. The van der Waals surface area contributed by atoms with Crippen molar-refractivity contribution < 1.29 is 0 Å². The van der Waals surface area contributed by atoms with Gasteiger partial charge in [-0.3, -0.25) is 0 Å². The van der Waals surface area contributed by atoms with Crippen LogP contribution in [0.15, 0.2) is 28.9 Å². The standard InChI is InChI=1S/C11H9BrN2/c1-13-6-5-8-7-14-11-9(8)3-2-4-10(11)12/h2-4,7,14H,5-6H2.